The van der Waals surface area contributed by atoms with Crippen LogP contribution in [0.3, 0.4) is 0 Å². The summed E-state index contributed by atoms with van der Waals surface area (Å²) >= 11 is 0. The molecule has 0 spiro atoms. The molecule has 7 nitrogen and oxygen atoms in total. The molecular weight excluding hydrogens is 334 g/mol. The molecule has 0 unspecified atom stereocenters. The van der Waals surface area contributed by atoms with Crippen molar-refractivity contribution in [3.05, 3.63) is 59.7 Å². The summed E-state index contributed by atoms with van der Waals surface area (Å²) in [6, 6.07) is 11.2. The van der Waals surface area contributed by atoms with Gasteiger partial charge in [0, 0.05) is 5.69 Å². The third kappa shape index (κ3) is 3.90. The summed E-state index contributed by atoms with van der Waals surface area (Å²) in [4.78, 5) is 22.8. The van der Waals surface area contributed by atoms with E-state index in [2.05, 4.69) is 14.2 Å². The fraction of sp³-hybridized carbons (Fsp3) is 0.125. The Bertz CT molecular complexity index is 858. The molecule has 0 saturated carbocycles. The SMILES string of the molecule is COC(=O)c1ccc(S(=O)(=O)Nc2cccc(C(=O)OC)c2)cc1. The first-order chi connectivity index (χ1) is 11.4. The van der Waals surface area contributed by atoms with Gasteiger partial charge < -0.3 is 9.47 Å². The number of sulfonamides is 1. The first-order valence-corrected chi connectivity index (χ1v) is 8.25. The predicted octanol–water partition coefficient (Wildman–Crippen LogP) is 2.06. The Balaban J connectivity index is 2.25. The van der Waals surface area contributed by atoms with Crippen LogP contribution in [0.4, 0.5) is 5.69 Å². The van der Waals surface area contributed by atoms with Gasteiger partial charge in [-0.3, -0.25) is 4.72 Å². The van der Waals surface area contributed by atoms with Crippen LogP contribution in [-0.4, -0.2) is 34.6 Å². The van der Waals surface area contributed by atoms with Crippen LogP contribution in [0.2, 0.25) is 0 Å². The van der Waals surface area contributed by atoms with Crippen LogP contribution in [0.1, 0.15) is 20.7 Å². The van der Waals surface area contributed by atoms with E-state index < -0.39 is 22.0 Å². The number of rotatable bonds is 5. The van der Waals surface area contributed by atoms with Crippen LogP contribution in [0.5, 0.6) is 0 Å². The number of carbonyl (C=O) groups is 2. The minimum atomic E-state index is -3.87. The molecule has 0 amide bonds. The van der Waals surface area contributed by atoms with Crippen LogP contribution in [0.25, 0.3) is 0 Å². The molecule has 24 heavy (non-hydrogen) atoms. The fourth-order valence-corrected chi connectivity index (χ4v) is 2.98. The van der Waals surface area contributed by atoms with E-state index in [9.17, 15) is 18.0 Å². The first kappa shape index (κ1) is 17.5. The topological polar surface area (TPSA) is 98.8 Å². The molecule has 126 valence electrons. The maximum absolute atomic E-state index is 12.4. The molecule has 0 aliphatic carbocycles. The highest BCUT2D eigenvalue weighted by Gasteiger charge is 2.16. The van der Waals surface area contributed by atoms with E-state index >= 15 is 0 Å². The second-order valence-corrected chi connectivity index (χ2v) is 6.38. The van der Waals surface area contributed by atoms with Gasteiger partial charge in [0.1, 0.15) is 0 Å². The molecule has 0 aliphatic heterocycles. The summed E-state index contributed by atoms with van der Waals surface area (Å²) in [5.74, 6) is -1.13. The zero-order valence-corrected chi connectivity index (χ0v) is 13.8. The average Bonchev–Trinajstić information content (AvgIpc) is 2.60. The van der Waals surface area contributed by atoms with Crippen molar-refractivity contribution < 1.29 is 27.5 Å². The van der Waals surface area contributed by atoms with Crippen molar-refractivity contribution in [2.24, 2.45) is 0 Å². The average molecular weight is 349 g/mol. The predicted molar refractivity (Wildman–Crippen MR) is 86.4 cm³/mol. The van der Waals surface area contributed by atoms with Crippen LogP contribution >= 0.6 is 0 Å². The van der Waals surface area contributed by atoms with E-state index in [-0.39, 0.29) is 21.7 Å². The van der Waals surface area contributed by atoms with Crippen molar-refractivity contribution in [3.63, 3.8) is 0 Å². The maximum atomic E-state index is 12.4. The van der Waals surface area contributed by atoms with E-state index in [1.54, 1.807) is 0 Å². The molecule has 0 bridgehead atoms. The van der Waals surface area contributed by atoms with Crippen molar-refractivity contribution in [3.8, 4) is 0 Å². The van der Waals surface area contributed by atoms with Crippen molar-refractivity contribution >= 4 is 27.6 Å². The molecule has 1 N–H and O–H groups in total. The molecule has 0 saturated heterocycles. The number of nitrogens with one attached hydrogen (secondary N) is 1. The van der Waals surface area contributed by atoms with Gasteiger partial charge in [-0.05, 0) is 42.5 Å². The van der Waals surface area contributed by atoms with E-state index in [0.29, 0.717) is 0 Å². The summed E-state index contributed by atoms with van der Waals surface area (Å²) in [6.45, 7) is 0. The third-order valence-electron chi connectivity index (χ3n) is 3.12. The smallest absolute Gasteiger partial charge is 0.337 e. The van der Waals surface area contributed by atoms with Gasteiger partial charge in [-0.15, -0.1) is 0 Å². The van der Waals surface area contributed by atoms with Gasteiger partial charge in [-0.1, -0.05) is 6.07 Å². The van der Waals surface area contributed by atoms with Gasteiger partial charge in [-0.25, -0.2) is 18.0 Å². The number of carbonyl (C=O) groups excluding carboxylic acids is 2. The fourth-order valence-electron chi connectivity index (χ4n) is 1.93. The third-order valence-corrected chi connectivity index (χ3v) is 4.52. The Morgan fingerprint density at radius 2 is 1.46 bits per heavy atom. The lowest BCUT2D eigenvalue weighted by Gasteiger charge is -2.09. The van der Waals surface area contributed by atoms with Gasteiger partial charge in [0.05, 0.1) is 30.2 Å². The Morgan fingerprint density at radius 1 is 0.875 bits per heavy atom. The minimum absolute atomic E-state index is 0.0291. The molecule has 0 fully saturated rings. The summed E-state index contributed by atoms with van der Waals surface area (Å²) < 4.78 is 36.2. The largest absolute Gasteiger partial charge is 0.465 e. The Kier molecular flexibility index (Phi) is 5.20. The monoisotopic (exact) mass is 349 g/mol. The summed E-state index contributed by atoms with van der Waals surface area (Å²) in [7, 11) is -1.39. The van der Waals surface area contributed by atoms with Crippen molar-refractivity contribution in [2.45, 2.75) is 4.90 Å². The maximum Gasteiger partial charge on any atom is 0.337 e. The van der Waals surface area contributed by atoms with Gasteiger partial charge in [0.15, 0.2) is 0 Å². The number of ether oxygens (including phenoxy) is 2. The molecule has 0 radical (unpaired) electrons. The summed E-state index contributed by atoms with van der Waals surface area (Å²) in [5.41, 5.74) is 0.679. The molecule has 2 aromatic rings. The number of hydrogen-bond acceptors (Lipinski definition) is 6. The molecule has 2 rings (SSSR count). The lowest BCUT2D eigenvalue weighted by Crippen LogP contribution is -2.14. The summed E-state index contributed by atoms with van der Waals surface area (Å²) in [6.07, 6.45) is 0. The Labute approximate surface area is 139 Å². The first-order valence-electron chi connectivity index (χ1n) is 6.77. The number of benzene rings is 2. The zero-order chi connectivity index (χ0) is 17.7. The van der Waals surface area contributed by atoms with E-state index in [1.165, 1.54) is 62.8 Å². The standard InChI is InChI=1S/C16H15NO6S/c1-22-15(18)11-6-8-14(9-7-11)24(20,21)17-13-5-3-4-12(10-13)16(19)23-2/h3-10,17H,1-2H3. The lowest BCUT2D eigenvalue weighted by molar-refractivity contribution is 0.0592. The Hall–Kier alpha value is -2.87. The van der Waals surface area contributed by atoms with E-state index in [1.807, 2.05) is 0 Å². The van der Waals surface area contributed by atoms with Crippen LogP contribution in [-0.2, 0) is 19.5 Å². The van der Waals surface area contributed by atoms with Gasteiger partial charge >= 0.3 is 11.9 Å². The molecule has 0 atom stereocenters. The highest BCUT2D eigenvalue weighted by molar-refractivity contribution is 7.92. The minimum Gasteiger partial charge on any atom is -0.465 e. The molecule has 8 heteroatoms. The summed E-state index contributed by atoms with van der Waals surface area (Å²) in [5, 5.41) is 0. The molecule has 0 aromatic heterocycles. The van der Waals surface area contributed by atoms with E-state index in [0.717, 1.165) is 0 Å². The lowest BCUT2D eigenvalue weighted by atomic mass is 10.2. The normalized spacial score (nSPS) is 10.8. The van der Waals surface area contributed by atoms with Crippen LogP contribution in [0.15, 0.2) is 53.4 Å². The van der Waals surface area contributed by atoms with Crippen molar-refractivity contribution in [1.29, 1.82) is 0 Å². The quantitative estimate of drug-likeness (QED) is 0.830. The highest BCUT2D eigenvalue weighted by Crippen LogP contribution is 2.18. The van der Waals surface area contributed by atoms with Crippen molar-refractivity contribution in [1.82, 2.24) is 0 Å². The molecule has 0 aliphatic rings. The Morgan fingerprint density at radius 3 is 2.04 bits per heavy atom. The second-order valence-electron chi connectivity index (χ2n) is 4.69. The van der Waals surface area contributed by atoms with Crippen molar-refractivity contribution in [2.75, 3.05) is 18.9 Å². The zero-order valence-electron chi connectivity index (χ0n) is 13.0. The number of esters is 2. The van der Waals surface area contributed by atoms with Gasteiger partial charge in [0.25, 0.3) is 10.0 Å². The molecule has 0 heterocycles. The van der Waals surface area contributed by atoms with Crippen LogP contribution in [0, 0.1) is 0 Å². The molecule has 2 aromatic carbocycles. The van der Waals surface area contributed by atoms with Gasteiger partial charge in [0.2, 0.25) is 0 Å². The molecular formula is C16H15NO6S. The highest BCUT2D eigenvalue weighted by atomic mass is 32.2. The number of anilines is 1. The van der Waals surface area contributed by atoms with E-state index in [4.69, 9.17) is 0 Å². The van der Waals surface area contributed by atoms with Crippen LogP contribution < -0.4 is 4.72 Å². The second kappa shape index (κ2) is 7.14. The number of hydrogen-bond donors (Lipinski definition) is 1. The van der Waals surface area contributed by atoms with Gasteiger partial charge in [-0.2, -0.15) is 0 Å². The number of methoxy groups -OCH3 is 2.